The number of pyridine rings is 1. The van der Waals surface area contributed by atoms with Crippen molar-refractivity contribution in [1.82, 2.24) is 10.3 Å². The molecule has 0 saturated heterocycles. The summed E-state index contributed by atoms with van der Waals surface area (Å²) in [6.07, 6.45) is 1.66. The Balaban J connectivity index is 2.33. The highest BCUT2D eigenvalue weighted by Crippen LogP contribution is 2.15. The van der Waals surface area contributed by atoms with Crippen molar-refractivity contribution in [3.05, 3.63) is 42.1 Å². The van der Waals surface area contributed by atoms with E-state index < -0.39 is 0 Å². The van der Waals surface area contributed by atoms with Gasteiger partial charge in [-0.05, 0) is 19.2 Å². The maximum absolute atomic E-state index is 12.1. The number of ketones is 1. The first-order valence-corrected chi connectivity index (χ1v) is 5.76. The lowest BCUT2D eigenvalue weighted by atomic mass is 9.99. The van der Waals surface area contributed by atoms with Crippen molar-refractivity contribution in [3.8, 4) is 0 Å². The van der Waals surface area contributed by atoms with Gasteiger partial charge in [0, 0.05) is 29.6 Å². The van der Waals surface area contributed by atoms with Crippen molar-refractivity contribution in [2.24, 2.45) is 5.92 Å². The highest BCUT2D eigenvalue weighted by atomic mass is 16.1. The minimum absolute atomic E-state index is 0.0250. The Labute approximate surface area is 101 Å². The molecule has 1 aromatic carbocycles. The molecule has 1 N–H and O–H groups in total. The number of nitrogens with one attached hydrogen (secondary N) is 1. The van der Waals surface area contributed by atoms with E-state index in [4.69, 9.17) is 0 Å². The van der Waals surface area contributed by atoms with E-state index in [9.17, 15) is 4.79 Å². The molecular weight excluding hydrogens is 212 g/mol. The molecule has 17 heavy (non-hydrogen) atoms. The number of carbonyl (C=O) groups is 1. The first-order chi connectivity index (χ1) is 8.22. The van der Waals surface area contributed by atoms with E-state index in [-0.39, 0.29) is 11.7 Å². The average Bonchev–Trinajstić information content (AvgIpc) is 2.37. The van der Waals surface area contributed by atoms with E-state index in [1.807, 2.05) is 44.3 Å². The normalized spacial score (nSPS) is 12.6. The Kier molecular flexibility index (Phi) is 3.49. The lowest BCUT2D eigenvalue weighted by molar-refractivity contribution is 0.0930. The molecule has 3 heteroatoms. The van der Waals surface area contributed by atoms with Crippen molar-refractivity contribution in [3.63, 3.8) is 0 Å². The van der Waals surface area contributed by atoms with Crippen molar-refractivity contribution in [2.45, 2.75) is 6.92 Å². The number of carbonyl (C=O) groups excluding carboxylic acids is 1. The largest absolute Gasteiger partial charge is 0.319 e. The SMILES string of the molecule is CNCC(C)C(=O)c1cnc2ccccc2c1. The summed E-state index contributed by atoms with van der Waals surface area (Å²) in [5.74, 6) is 0.112. The summed E-state index contributed by atoms with van der Waals surface area (Å²) < 4.78 is 0. The summed E-state index contributed by atoms with van der Waals surface area (Å²) in [6, 6.07) is 9.73. The molecule has 1 aromatic heterocycles. The summed E-state index contributed by atoms with van der Waals surface area (Å²) in [6.45, 7) is 2.61. The second-order valence-electron chi connectivity index (χ2n) is 4.24. The van der Waals surface area contributed by atoms with Crippen LogP contribution in [0.3, 0.4) is 0 Å². The topological polar surface area (TPSA) is 42.0 Å². The van der Waals surface area contributed by atoms with Crippen molar-refractivity contribution in [1.29, 1.82) is 0 Å². The third-order valence-electron chi connectivity index (χ3n) is 2.83. The molecular formula is C14H16N2O. The highest BCUT2D eigenvalue weighted by Gasteiger charge is 2.14. The molecule has 3 nitrogen and oxygen atoms in total. The number of benzene rings is 1. The Bertz CT molecular complexity index is 536. The minimum atomic E-state index is -0.0250. The predicted molar refractivity (Wildman–Crippen MR) is 69.2 cm³/mol. The summed E-state index contributed by atoms with van der Waals surface area (Å²) in [7, 11) is 1.85. The van der Waals surface area contributed by atoms with Crippen LogP contribution in [-0.4, -0.2) is 24.4 Å². The van der Waals surface area contributed by atoms with E-state index >= 15 is 0 Å². The standard InChI is InChI=1S/C14H16N2O/c1-10(8-15-2)14(17)12-7-11-5-3-4-6-13(11)16-9-12/h3-7,9-10,15H,8H2,1-2H3. The number of hydrogen-bond donors (Lipinski definition) is 1. The van der Waals surface area contributed by atoms with Gasteiger partial charge in [0.25, 0.3) is 0 Å². The molecule has 0 radical (unpaired) electrons. The first-order valence-electron chi connectivity index (χ1n) is 5.76. The van der Waals surface area contributed by atoms with Crippen LogP contribution < -0.4 is 5.32 Å². The molecule has 88 valence electrons. The Morgan fingerprint density at radius 3 is 2.94 bits per heavy atom. The first kappa shape index (κ1) is 11.7. The Morgan fingerprint density at radius 2 is 2.18 bits per heavy atom. The molecule has 0 aliphatic heterocycles. The molecule has 0 aliphatic carbocycles. The molecule has 1 unspecified atom stereocenters. The average molecular weight is 228 g/mol. The fraction of sp³-hybridized carbons (Fsp3) is 0.286. The number of rotatable bonds is 4. The van der Waals surface area contributed by atoms with E-state index in [0.29, 0.717) is 12.1 Å². The van der Waals surface area contributed by atoms with Gasteiger partial charge >= 0.3 is 0 Å². The van der Waals surface area contributed by atoms with Crippen LogP contribution in [0.25, 0.3) is 10.9 Å². The van der Waals surface area contributed by atoms with Gasteiger partial charge in [0.15, 0.2) is 5.78 Å². The summed E-state index contributed by atoms with van der Waals surface area (Å²) >= 11 is 0. The molecule has 1 heterocycles. The number of fused-ring (bicyclic) bond motifs is 1. The number of hydrogen-bond acceptors (Lipinski definition) is 3. The Morgan fingerprint density at radius 1 is 1.41 bits per heavy atom. The monoisotopic (exact) mass is 228 g/mol. The predicted octanol–water partition coefficient (Wildman–Crippen LogP) is 2.27. The van der Waals surface area contributed by atoms with Gasteiger partial charge in [-0.25, -0.2) is 0 Å². The van der Waals surface area contributed by atoms with Crippen LogP contribution in [0.5, 0.6) is 0 Å². The summed E-state index contributed by atoms with van der Waals surface area (Å²) in [4.78, 5) is 16.4. The van der Waals surface area contributed by atoms with Gasteiger partial charge in [-0.1, -0.05) is 25.1 Å². The molecule has 0 fully saturated rings. The van der Waals surface area contributed by atoms with Gasteiger partial charge in [0.2, 0.25) is 0 Å². The highest BCUT2D eigenvalue weighted by molar-refractivity contribution is 6.00. The van der Waals surface area contributed by atoms with E-state index in [1.54, 1.807) is 6.20 Å². The van der Waals surface area contributed by atoms with Crippen LogP contribution in [0.4, 0.5) is 0 Å². The fourth-order valence-electron chi connectivity index (χ4n) is 1.89. The maximum atomic E-state index is 12.1. The number of aromatic nitrogens is 1. The summed E-state index contributed by atoms with van der Waals surface area (Å²) in [5, 5.41) is 4.02. The van der Waals surface area contributed by atoms with Gasteiger partial charge in [0.05, 0.1) is 5.52 Å². The van der Waals surface area contributed by atoms with Gasteiger partial charge in [-0.3, -0.25) is 9.78 Å². The zero-order chi connectivity index (χ0) is 12.3. The number of Topliss-reactive ketones (excluding diaryl/α,β-unsaturated/α-hetero) is 1. The molecule has 2 rings (SSSR count). The van der Waals surface area contributed by atoms with Crippen LogP contribution in [0.1, 0.15) is 17.3 Å². The lowest BCUT2D eigenvalue weighted by Gasteiger charge is -2.09. The smallest absolute Gasteiger partial charge is 0.168 e. The molecule has 0 bridgehead atoms. The van der Waals surface area contributed by atoms with Crippen LogP contribution in [0.15, 0.2) is 36.5 Å². The van der Waals surface area contributed by atoms with E-state index in [0.717, 1.165) is 10.9 Å². The molecule has 1 atom stereocenters. The lowest BCUT2D eigenvalue weighted by Crippen LogP contribution is -2.23. The van der Waals surface area contributed by atoms with Crippen LogP contribution in [0.2, 0.25) is 0 Å². The zero-order valence-electron chi connectivity index (χ0n) is 10.1. The summed E-state index contributed by atoms with van der Waals surface area (Å²) in [5.41, 5.74) is 1.61. The second kappa shape index (κ2) is 5.06. The van der Waals surface area contributed by atoms with E-state index in [2.05, 4.69) is 10.3 Å². The molecule has 0 spiro atoms. The quantitative estimate of drug-likeness (QED) is 0.816. The van der Waals surface area contributed by atoms with Gasteiger partial charge < -0.3 is 5.32 Å². The van der Waals surface area contributed by atoms with Crippen molar-refractivity contribution >= 4 is 16.7 Å². The van der Waals surface area contributed by atoms with Crippen LogP contribution >= 0.6 is 0 Å². The van der Waals surface area contributed by atoms with Crippen molar-refractivity contribution < 1.29 is 4.79 Å². The Hall–Kier alpha value is -1.74. The van der Waals surface area contributed by atoms with Crippen LogP contribution in [-0.2, 0) is 0 Å². The maximum Gasteiger partial charge on any atom is 0.168 e. The van der Waals surface area contributed by atoms with Gasteiger partial charge in [-0.15, -0.1) is 0 Å². The minimum Gasteiger partial charge on any atom is -0.319 e. The van der Waals surface area contributed by atoms with Crippen molar-refractivity contribution in [2.75, 3.05) is 13.6 Å². The number of nitrogens with zero attached hydrogens (tertiary/aromatic N) is 1. The number of para-hydroxylation sites is 1. The van der Waals surface area contributed by atoms with E-state index in [1.165, 1.54) is 0 Å². The van der Waals surface area contributed by atoms with Gasteiger partial charge in [-0.2, -0.15) is 0 Å². The second-order valence-corrected chi connectivity index (χ2v) is 4.24. The molecule has 0 amide bonds. The molecule has 0 saturated carbocycles. The third-order valence-corrected chi connectivity index (χ3v) is 2.83. The molecule has 2 aromatic rings. The fourth-order valence-corrected chi connectivity index (χ4v) is 1.89. The van der Waals surface area contributed by atoms with Gasteiger partial charge in [0.1, 0.15) is 0 Å². The zero-order valence-corrected chi connectivity index (χ0v) is 10.1. The molecule has 0 aliphatic rings. The third kappa shape index (κ3) is 2.50. The van der Waals surface area contributed by atoms with Crippen LogP contribution in [0, 0.1) is 5.92 Å².